The van der Waals surface area contributed by atoms with Crippen LogP contribution in [0.15, 0.2) is 166 Å². The number of nitrogens with zero attached hydrogens (tertiary/aromatic N) is 2. The maximum Gasteiger partial charge on any atom is 0.202 e. The molecular weight excluding hydrogens is 601 g/mol. The first-order valence-corrected chi connectivity index (χ1v) is 16.6. The van der Waals surface area contributed by atoms with Crippen LogP contribution in [0.5, 0.6) is 0 Å². The summed E-state index contributed by atoms with van der Waals surface area (Å²) in [5, 5.41) is 15.8. The zero-order valence-corrected chi connectivity index (χ0v) is 26.5. The number of hydrogen-bond acceptors (Lipinski definition) is 5. The predicted molar refractivity (Wildman–Crippen MR) is 202 cm³/mol. The molecule has 49 heavy (non-hydrogen) atoms. The van der Waals surface area contributed by atoms with Crippen molar-refractivity contribution in [1.29, 1.82) is 0 Å². The number of aliphatic imine (C=N–C) groups is 2. The summed E-state index contributed by atoms with van der Waals surface area (Å²) >= 11 is 0. The molecule has 0 saturated carbocycles. The highest BCUT2D eigenvalue weighted by molar-refractivity contribution is 6.19. The minimum absolute atomic E-state index is 0.0435. The lowest BCUT2D eigenvalue weighted by atomic mass is 9.93. The normalized spacial score (nSPS) is 17.1. The van der Waals surface area contributed by atoms with Crippen molar-refractivity contribution in [2.45, 2.75) is 12.2 Å². The molecule has 2 atom stereocenters. The van der Waals surface area contributed by atoms with E-state index in [1.807, 2.05) is 48.5 Å². The number of anilines is 1. The van der Waals surface area contributed by atoms with Crippen LogP contribution in [-0.4, -0.2) is 11.7 Å². The third-order valence-corrected chi connectivity index (χ3v) is 9.77. The number of rotatable bonds is 4. The van der Waals surface area contributed by atoms with Gasteiger partial charge in [-0.1, -0.05) is 146 Å². The SMILES string of the molecule is C1=CC(c2ccc3ccc4c5ccccc5ccc4c3c2)Nc2oc3cccc(C4=NC(c5ccccc5)NC(c5ccccc5)=N4)c3c21. The van der Waals surface area contributed by atoms with Gasteiger partial charge in [-0.05, 0) is 55.6 Å². The van der Waals surface area contributed by atoms with Gasteiger partial charge in [0, 0.05) is 22.1 Å². The second kappa shape index (κ2) is 11.1. The highest BCUT2D eigenvalue weighted by atomic mass is 16.4. The molecule has 1 aromatic heterocycles. The third-order valence-electron chi connectivity index (χ3n) is 9.77. The summed E-state index contributed by atoms with van der Waals surface area (Å²) in [5.74, 6) is 2.21. The fourth-order valence-electron chi connectivity index (χ4n) is 7.35. The van der Waals surface area contributed by atoms with Crippen molar-refractivity contribution in [1.82, 2.24) is 5.32 Å². The Morgan fingerprint density at radius 1 is 0.571 bits per heavy atom. The Balaban J connectivity index is 1.06. The van der Waals surface area contributed by atoms with Crippen LogP contribution >= 0.6 is 0 Å². The van der Waals surface area contributed by atoms with E-state index in [2.05, 4.69) is 120 Å². The Morgan fingerprint density at radius 2 is 1.31 bits per heavy atom. The van der Waals surface area contributed by atoms with Crippen molar-refractivity contribution < 1.29 is 4.42 Å². The molecule has 0 amide bonds. The maximum atomic E-state index is 6.52. The van der Waals surface area contributed by atoms with Crippen LogP contribution in [0.3, 0.4) is 0 Å². The first-order chi connectivity index (χ1) is 24.3. The van der Waals surface area contributed by atoms with Gasteiger partial charge in [0.25, 0.3) is 0 Å². The third kappa shape index (κ3) is 4.62. The lowest BCUT2D eigenvalue weighted by Crippen LogP contribution is -2.33. The van der Waals surface area contributed by atoms with E-state index in [1.54, 1.807) is 0 Å². The van der Waals surface area contributed by atoms with E-state index in [1.165, 1.54) is 37.9 Å². The molecule has 0 spiro atoms. The molecule has 2 aliphatic heterocycles. The Labute approximate surface area is 283 Å². The van der Waals surface area contributed by atoms with Gasteiger partial charge >= 0.3 is 0 Å². The van der Waals surface area contributed by atoms with Gasteiger partial charge in [0.05, 0.1) is 6.04 Å². The summed E-state index contributed by atoms with van der Waals surface area (Å²) in [6.07, 6.45) is 4.14. The van der Waals surface area contributed by atoms with Gasteiger partial charge in [-0.25, -0.2) is 9.98 Å². The van der Waals surface area contributed by atoms with Gasteiger partial charge in [-0.15, -0.1) is 0 Å². The fourth-order valence-corrected chi connectivity index (χ4v) is 7.35. The highest BCUT2D eigenvalue weighted by Crippen LogP contribution is 2.41. The average molecular weight is 631 g/mol. The first-order valence-electron chi connectivity index (χ1n) is 16.6. The predicted octanol–water partition coefficient (Wildman–Crippen LogP) is 10.6. The van der Waals surface area contributed by atoms with Crippen LogP contribution in [0.1, 0.15) is 40.0 Å². The summed E-state index contributed by atoms with van der Waals surface area (Å²) in [4.78, 5) is 10.2. The number of furan rings is 1. The molecule has 3 heterocycles. The van der Waals surface area contributed by atoms with Gasteiger partial charge in [0.1, 0.15) is 17.6 Å². The second-order valence-corrected chi connectivity index (χ2v) is 12.7. The minimum Gasteiger partial charge on any atom is -0.440 e. The van der Waals surface area contributed by atoms with Crippen LogP contribution in [-0.2, 0) is 0 Å². The quantitative estimate of drug-likeness (QED) is 0.190. The summed E-state index contributed by atoms with van der Waals surface area (Å²) in [6, 6.07) is 50.9. The zero-order valence-electron chi connectivity index (χ0n) is 26.5. The second-order valence-electron chi connectivity index (χ2n) is 12.7. The Bertz CT molecular complexity index is 2670. The van der Waals surface area contributed by atoms with Gasteiger partial charge in [0.15, 0.2) is 5.84 Å². The van der Waals surface area contributed by atoms with Crippen molar-refractivity contribution in [3.05, 3.63) is 179 Å². The Morgan fingerprint density at radius 3 is 2.16 bits per heavy atom. The molecule has 0 aliphatic carbocycles. The molecule has 0 radical (unpaired) electrons. The molecule has 0 fully saturated rings. The minimum atomic E-state index is -0.276. The molecular formula is C44H30N4O. The largest absolute Gasteiger partial charge is 0.440 e. The molecule has 10 rings (SSSR count). The molecule has 7 aromatic carbocycles. The van der Waals surface area contributed by atoms with E-state index < -0.39 is 0 Å². The van der Waals surface area contributed by atoms with Crippen LogP contribution < -0.4 is 10.6 Å². The van der Waals surface area contributed by atoms with Crippen LogP contribution in [0, 0.1) is 0 Å². The summed E-state index contributed by atoms with van der Waals surface area (Å²) in [6.45, 7) is 0. The van der Waals surface area contributed by atoms with Crippen LogP contribution in [0.4, 0.5) is 5.88 Å². The standard InChI is InChI=1S/C44H30N4O/c1-3-11-29(12-4-1)41-46-42(30-13-5-2-6-14-30)48-43(47-41)35-16-9-17-39-40(35)36-24-25-38(45-44(36)49-39)31-19-18-28-21-22-33-32-15-8-7-10-27(32)20-23-34(33)37(28)26-31/h1-26,38,41,45H,(H,46,47,48). The maximum absolute atomic E-state index is 6.52. The lowest BCUT2D eigenvalue weighted by molar-refractivity contribution is 0.619. The van der Waals surface area contributed by atoms with Gasteiger partial charge in [0.2, 0.25) is 5.88 Å². The molecule has 0 saturated heterocycles. The van der Waals surface area contributed by atoms with E-state index in [0.29, 0.717) is 5.84 Å². The number of benzene rings is 7. The average Bonchev–Trinajstić information content (AvgIpc) is 3.56. The van der Waals surface area contributed by atoms with Crippen molar-refractivity contribution in [3.8, 4) is 0 Å². The first kappa shape index (κ1) is 27.6. The van der Waals surface area contributed by atoms with Gasteiger partial charge in [-0.3, -0.25) is 0 Å². The number of hydrogen-bond donors (Lipinski definition) is 2. The van der Waals surface area contributed by atoms with E-state index in [9.17, 15) is 0 Å². The smallest absolute Gasteiger partial charge is 0.202 e. The van der Waals surface area contributed by atoms with Crippen molar-refractivity contribution >= 4 is 66.9 Å². The lowest BCUT2D eigenvalue weighted by Gasteiger charge is -2.24. The highest BCUT2D eigenvalue weighted by Gasteiger charge is 2.26. The number of nitrogens with one attached hydrogen (secondary N) is 2. The molecule has 5 nitrogen and oxygen atoms in total. The van der Waals surface area contributed by atoms with E-state index >= 15 is 0 Å². The van der Waals surface area contributed by atoms with Gasteiger partial charge in [-0.2, -0.15) is 0 Å². The van der Waals surface area contributed by atoms with Crippen molar-refractivity contribution in [3.63, 3.8) is 0 Å². The van der Waals surface area contributed by atoms with E-state index in [-0.39, 0.29) is 12.2 Å². The van der Waals surface area contributed by atoms with Crippen molar-refractivity contribution in [2.75, 3.05) is 5.32 Å². The summed E-state index contributed by atoms with van der Waals surface area (Å²) < 4.78 is 6.52. The van der Waals surface area contributed by atoms with Crippen molar-refractivity contribution in [2.24, 2.45) is 9.98 Å². The molecule has 5 heteroatoms. The Kier molecular flexibility index (Phi) is 6.24. The molecule has 8 aromatic rings. The number of amidine groups is 2. The molecule has 0 bridgehead atoms. The fraction of sp³-hybridized carbons (Fsp3) is 0.0455. The van der Waals surface area contributed by atoms with E-state index in [0.717, 1.165) is 44.9 Å². The summed E-state index contributed by atoms with van der Waals surface area (Å²) in [5.41, 5.74) is 6.01. The number of fused-ring (bicyclic) bond motifs is 8. The van der Waals surface area contributed by atoms with Gasteiger partial charge < -0.3 is 15.1 Å². The monoisotopic (exact) mass is 630 g/mol. The van der Waals surface area contributed by atoms with Crippen LogP contribution in [0.25, 0.3) is 49.4 Å². The van der Waals surface area contributed by atoms with E-state index in [4.69, 9.17) is 14.4 Å². The molecule has 2 unspecified atom stereocenters. The van der Waals surface area contributed by atoms with Crippen LogP contribution in [0.2, 0.25) is 0 Å². The zero-order chi connectivity index (χ0) is 32.3. The summed E-state index contributed by atoms with van der Waals surface area (Å²) in [7, 11) is 0. The Hall–Kier alpha value is -6.46. The topological polar surface area (TPSA) is 61.9 Å². The molecule has 2 aliphatic rings. The molecule has 232 valence electrons. The molecule has 2 N–H and O–H groups in total.